The van der Waals surface area contributed by atoms with Crippen molar-refractivity contribution in [2.24, 2.45) is 0 Å². The second kappa shape index (κ2) is 10.9. The van der Waals surface area contributed by atoms with Crippen molar-refractivity contribution in [3.8, 4) is 11.1 Å². The Morgan fingerprint density at radius 2 is 1.63 bits per heavy atom. The molecule has 7 heteroatoms. The predicted molar refractivity (Wildman–Crippen MR) is 134 cm³/mol. The van der Waals surface area contributed by atoms with Crippen LogP contribution in [0.2, 0.25) is 0 Å². The highest BCUT2D eigenvalue weighted by atomic mass is 16.5. The monoisotopic (exact) mass is 471 g/mol. The van der Waals surface area contributed by atoms with Gasteiger partial charge in [0.05, 0.1) is 6.61 Å². The third-order valence-corrected chi connectivity index (χ3v) is 5.97. The van der Waals surface area contributed by atoms with Gasteiger partial charge in [-0.05, 0) is 16.7 Å². The Morgan fingerprint density at radius 3 is 2.31 bits per heavy atom. The number of aliphatic hydroxyl groups excluding tert-OH is 1. The maximum atomic E-state index is 13.6. The van der Waals surface area contributed by atoms with Crippen LogP contribution >= 0.6 is 0 Å². The summed E-state index contributed by atoms with van der Waals surface area (Å²) >= 11 is 0. The fraction of sp³-hybridized carbons (Fsp3) is 0.214. The van der Waals surface area contributed by atoms with Gasteiger partial charge in [0.25, 0.3) is 11.8 Å². The number of hydrogen-bond donors (Lipinski definition) is 2. The average molecular weight is 472 g/mol. The Bertz CT molecular complexity index is 1210. The molecule has 3 aromatic rings. The van der Waals surface area contributed by atoms with Crippen molar-refractivity contribution >= 4 is 11.8 Å². The number of carbonyl (C=O) groups excluding carboxylic acids is 2. The number of amides is 2. The van der Waals surface area contributed by atoms with E-state index in [1.807, 2.05) is 84.9 Å². The largest absolute Gasteiger partial charge is 0.481 e. The minimum atomic E-state index is -0.593. The number of rotatable bonds is 8. The zero-order chi connectivity index (χ0) is 24.8. The lowest BCUT2D eigenvalue weighted by molar-refractivity contribution is -0.137. The topological polar surface area (TPSA) is 82.1 Å². The van der Waals surface area contributed by atoms with Crippen LogP contribution in [0.5, 0.6) is 0 Å². The number of aliphatic hydroxyl groups is 1. The maximum absolute atomic E-state index is 13.6. The van der Waals surface area contributed by atoms with Crippen molar-refractivity contribution in [2.45, 2.75) is 12.8 Å². The van der Waals surface area contributed by atoms with Crippen molar-refractivity contribution in [3.05, 3.63) is 108 Å². The molecule has 0 aliphatic carbocycles. The maximum Gasteiger partial charge on any atom is 0.293 e. The molecular weight excluding hydrogens is 442 g/mol. The van der Waals surface area contributed by atoms with E-state index in [4.69, 9.17) is 4.74 Å². The van der Waals surface area contributed by atoms with Gasteiger partial charge in [-0.1, -0.05) is 84.9 Å². The van der Waals surface area contributed by atoms with Crippen LogP contribution in [0, 0.1) is 0 Å². The quantitative estimate of drug-likeness (QED) is 0.527. The van der Waals surface area contributed by atoms with Gasteiger partial charge in [0, 0.05) is 26.2 Å². The summed E-state index contributed by atoms with van der Waals surface area (Å²) in [5.41, 5.74) is 3.77. The van der Waals surface area contributed by atoms with E-state index < -0.39 is 18.0 Å². The molecule has 0 saturated carbocycles. The molecule has 7 nitrogen and oxygen atoms in total. The van der Waals surface area contributed by atoms with Gasteiger partial charge < -0.3 is 25.0 Å². The molecule has 0 aromatic heterocycles. The van der Waals surface area contributed by atoms with E-state index in [0.29, 0.717) is 0 Å². The van der Waals surface area contributed by atoms with Crippen LogP contribution in [0.1, 0.15) is 17.3 Å². The average Bonchev–Trinajstić information content (AvgIpc) is 2.90. The molecule has 1 atom stereocenters. The van der Waals surface area contributed by atoms with Gasteiger partial charge in [0.1, 0.15) is 12.8 Å². The summed E-state index contributed by atoms with van der Waals surface area (Å²) in [6, 6.07) is 27.1. The molecule has 1 heterocycles. The summed E-state index contributed by atoms with van der Waals surface area (Å²) in [4.78, 5) is 29.8. The highest BCUT2D eigenvalue weighted by Crippen LogP contribution is 2.34. The van der Waals surface area contributed by atoms with Gasteiger partial charge in [0.2, 0.25) is 5.76 Å². The van der Waals surface area contributed by atoms with Crippen molar-refractivity contribution < 1.29 is 19.4 Å². The molecule has 180 valence electrons. The van der Waals surface area contributed by atoms with Crippen molar-refractivity contribution in [1.82, 2.24) is 15.1 Å². The van der Waals surface area contributed by atoms with Gasteiger partial charge in [-0.25, -0.2) is 0 Å². The van der Waals surface area contributed by atoms with E-state index in [9.17, 15) is 14.7 Å². The first-order valence-electron chi connectivity index (χ1n) is 11.5. The molecule has 3 aromatic carbocycles. The standard InChI is InChI=1S/C28H29N3O4/c1-30(17-18-32)27(33)24-25(35-19-20-11-5-3-6-12-20)28(34)31(2)26(29-24)23-16-10-9-15-22(23)21-13-7-4-8-14-21/h3-16,26,29,32H,17-19H2,1-2H3. The van der Waals surface area contributed by atoms with Crippen LogP contribution in [0.3, 0.4) is 0 Å². The van der Waals surface area contributed by atoms with E-state index >= 15 is 0 Å². The third kappa shape index (κ3) is 5.20. The van der Waals surface area contributed by atoms with Gasteiger partial charge in [-0.2, -0.15) is 0 Å². The molecular formula is C28H29N3O4. The van der Waals surface area contributed by atoms with E-state index in [-0.39, 0.29) is 31.2 Å². The number of likely N-dealkylation sites (N-methyl/N-ethyl adjacent to an activating group) is 2. The Balaban J connectivity index is 1.74. The molecule has 0 fully saturated rings. The number of benzene rings is 3. The predicted octanol–water partition coefficient (Wildman–Crippen LogP) is 3.29. The normalized spacial score (nSPS) is 15.6. The van der Waals surface area contributed by atoms with Gasteiger partial charge in [0.15, 0.2) is 5.70 Å². The number of nitrogens with zero attached hydrogens (tertiary/aromatic N) is 2. The first-order valence-corrected chi connectivity index (χ1v) is 11.5. The summed E-state index contributed by atoms with van der Waals surface area (Å²) in [7, 11) is 3.27. The van der Waals surface area contributed by atoms with E-state index in [1.54, 1.807) is 19.0 Å². The molecule has 2 N–H and O–H groups in total. The molecule has 0 saturated heterocycles. The number of ether oxygens (including phenoxy) is 1. The smallest absolute Gasteiger partial charge is 0.293 e. The van der Waals surface area contributed by atoms with Crippen LogP contribution < -0.4 is 5.32 Å². The van der Waals surface area contributed by atoms with Gasteiger partial charge in [-0.3, -0.25) is 9.59 Å². The van der Waals surface area contributed by atoms with Crippen LogP contribution in [-0.4, -0.2) is 54.0 Å². The SMILES string of the molecule is CN(CCO)C(=O)C1=C(OCc2ccccc2)C(=O)N(C)C(c2ccccc2-c2ccccc2)N1. The lowest BCUT2D eigenvalue weighted by atomic mass is 9.96. The fourth-order valence-electron chi connectivity index (χ4n) is 4.05. The molecule has 0 bridgehead atoms. The first kappa shape index (κ1) is 24.0. The molecule has 1 aliphatic rings. The Morgan fingerprint density at radius 1 is 1.00 bits per heavy atom. The summed E-state index contributed by atoms with van der Waals surface area (Å²) in [5, 5.41) is 12.6. The summed E-state index contributed by atoms with van der Waals surface area (Å²) in [5.74, 6) is -0.862. The van der Waals surface area contributed by atoms with E-state index in [0.717, 1.165) is 22.3 Å². The molecule has 4 rings (SSSR count). The second-order valence-corrected chi connectivity index (χ2v) is 8.34. The highest BCUT2D eigenvalue weighted by Gasteiger charge is 2.38. The van der Waals surface area contributed by atoms with Gasteiger partial charge >= 0.3 is 0 Å². The van der Waals surface area contributed by atoms with Crippen molar-refractivity contribution in [2.75, 3.05) is 27.2 Å². The first-order chi connectivity index (χ1) is 17.0. The minimum absolute atomic E-state index is 0.0421. The molecule has 0 radical (unpaired) electrons. The van der Waals surface area contributed by atoms with Crippen molar-refractivity contribution in [1.29, 1.82) is 0 Å². The van der Waals surface area contributed by atoms with Crippen LogP contribution in [0.15, 0.2) is 96.4 Å². The molecule has 2 amide bonds. The molecule has 0 spiro atoms. The number of nitrogens with one attached hydrogen (secondary N) is 1. The van der Waals surface area contributed by atoms with Gasteiger partial charge in [-0.15, -0.1) is 0 Å². The lowest BCUT2D eigenvalue weighted by Crippen LogP contribution is -2.50. The summed E-state index contributed by atoms with van der Waals surface area (Å²) < 4.78 is 5.93. The number of carbonyl (C=O) groups is 2. The lowest BCUT2D eigenvalue weighted by Gasteiger charge is -2.37. The minimum Gasteiger partial charge on any atom is -0.481 e. The van der Waals surface area contributed by atoms with Crippen molar-refractivity contribution in [3.63, 3.8) is 0 Å². The van der Waals surface area contributed by atoms with Crippen LogP contribution in [-0.2, 0) is 20.9 Å². The molecule has 1 unspecified atom stereocenters. The van der Waals surface area contributed by atoms with E-state index in [1.165, 1.54) is 4.90 Å². The molecule has 35 heavy (non-hydrogen) atoms. The Labute approximate surface area is 205 Å². The van der Waals surface area contributed by atoms with Crippen LogP contribution in [0.4, 0.5) is 0 Å². The molecule has 1 aliphatic heterocycles. The summed E-state index contributed by atoms with van der Waals surface area (Å²) in [6.07, 6.45) is -0.593. The Hall–Kier alpha value is -4.10. The highest BCUT2D eigenvalue weighted by molar-refractivity contribution is 6.04. The zero-order valence-corrected chi connectivity index (χ0v) is 19.8. The Kier molecular flexibility index (Phi) is 7.48. The fourth-order valence-corrected chi connectivity index (χ4v) is 4.05. The number of hydrogen-bond acceptors (Lipinski definition) is 5. The summed E-state index contributed by atoms with van der Waals surface area (Å²) in [6.45, 7) is 0.0817. The third-order valence-electron chi connectivity index (χ3n) is 5.97. The zero-order valence-electron chi connectivity index (χ0n) is 19.8. The van der Waals surface area contributed by atoms with Crippen LogP contribution in [0.25, 0.3) is 11.1 Å². The second-order valence-electron chi connectivity index (χ2n) is 8.34. The van der Waals surface area contributed by atoms with E-state index in [2.05, 4.69) is 5.32 Å².